The molecule has 0 unspecified atom stereocenters. The molecule has 1 fully saturated rings. The van der Waals surface area contributed by atoms with E-state index in [4.69, 9.17) is 21.7 Å². The second-order valence-corrected chi connectivity index (χ2v) is 6.71. The van der Waals surface area contributed by atoms with E-state index in [1.807, 2.05) is 6.92 Å². The molecule has 1 heterocycles. The molecule has 0 saturated carbocycles. The molecule has 1 aliphatic rings. The van der Waals surface area contributed by atoms with Crippen LogP contribution in [0.15, 0.2) is 0 Å². The monoisotopic (exact) mass is 267 g/mol. The highest BCUT2D eigenvalue weighted by atomic mass is 32.2. The molecular formula is C9H17NO4S2. The molecule has 1 rings (SSSR count). The third-order valence-electron chi connectivity index (χ3n) is 2.43. The number of rotatable bonds is 4. The van der Waals surface area contributed by atoms with Gasteiger partial charge in [-0.2, -0.15) is 0 Å². The second kappa shape index (κ2) is 5.29. The molecule has 1 saturated heterocycles. The Balaban J connectivity index is 2.39. The fourth-order valence-corrected chi connectivity index (χ4v) is 4.03. The minimum Gasteiger partial charge on any atom is -0.469 e. The molecule has 0 aliphatic carbocycles. The zero-order chi connectivity index (χ0) is 12.2. The lowest BCUT2D eigenvalue weighted by molar-refractivity contribution is 0.138. The van der Waals surface area contributed by atoms with Crippen LogP contribution in [0, 0.1) is 0 Å². The molecule has 0 aromatic heterocycles. The standard InChI is InChI=1S/C9H17NO4S2/c1-9(3-6-16(11,12)7-9)10-8(15)14-5-4-13-2/h3-7H2,1-2H3,(H,10,15)/t9-/m0/s1. The van der Waals surface area contributed by atoms with Gasteiger partial charge in [0.1, 0.15) is 6.61 Å². The van der Waals surface area contributed by atoms with E-state index in [0.717, 1.165) is 0 Å². The van der Waals surface area contributed by atoms with Crippen molar-refractivity contribution >= 4 is 27.2 Å². The number of thiocarbonyl (C=S) groups is 1. The highest BCUT2D eigenvalue weighted by molar-refractivity contribution is 7.91. The summed E-state index contributed by atoms with van der Waals surface area (Å²) in [5, 5.41) is 3.18. The third-order valence-corrected chi connectivity index (χ3v) is 4.55. The average molecular weight is 267 g/mol. The van der Waals surface area contributed by atoms with Crippen LogP contribution in [0.4, 0.5) is 0 Å². The lowest BCUT2D eigenvalue weighted by atomic mass is 10.0. The smallest absolute Gasteiger partial charge is 0.257 e. The Bertz CT molecular complexity index is 355. The summed E-state index contributed by atoms with van der Waals surface area (Å²) in [5.41, 5.74) is -0.497. The number of sulfone groups is 1. The van der Waals surface area contributed by atoms with E-state index in [1.165, 1.54) is 0 Å². The van der Waals surface area contributed by atoms with Crippen molar-refractivity contribution in [3.8, 4) is 0 Å². The van der Waals surface area contributed by atoms with Gasteiger partial charge in [0.25, 0.3) is 5.17 Å². The van der Waals surface area contributed by atoms with Gasteiger partial charge in [0, 0.05) is 7.11 Å². The highest BCUT2D eigenvalue weighted by Gasteiger charge is 2.39. The molecule has 16 heavy (non-hydrogen) atoms. The maximum absolute atomic E-state index is 11.3. The van der Waals surface area contributed by atoms with Crippen molar-refractivity contribution in [2.45, 2.75) is 18.9 Å². The summed E-state index contributed by atoms with van der Waals surface area (Å²) in [5.74, 6) is 0.310. The maximum Gasteiger partial charge on any atom is 0.257 e. The van der Waals surface area contributed by atoms with Crippen molar-refractivity contribution in [1.82, 2.24) is 5.32 Å². The summed E-state index contributed by atoms with van der Waals surface area (Å²) in [4.78, 5) is 0. The minimum absolute atomic E-state index is 0.105. The number of methoxy groups -OCH3 is 1. The molecule has 94 valence electrons. The molecule has 1 N–H and O–H groups in total. The van der Waals surface area contributed by atoms with Crippen molar-refractivity contribution in [1.29, 1.82) is 0 Å². The van der Waals surface area contributed by atoms with Crippen molar-refractivity contribution in [3.63, 3.8) is 0 Å². The highest BCUT2D eigenvalue weighted by Crippen LogP contribution is 2.22. The predicted octanol–water partition coefficient (Wildman–Crippen LogP) is 0.101. The molecule has 1 aliphatic heterocycles. The number of hydrogen-bond acceptors (Lipinski definition) is 5. The van der Waals surface area contributed by atoms with Crippen molar-refractivity contribution in [2.24, 2.45) is 0 Å². The van der Waals surface area contributed by atoms with E-state index >= 15 is 0 Å². The Hall–Kier alpha value is -0.400. The van der Waals surface area contributed by atoms with Gasteiger partial charge in [-0.15, -0.1) is 0 Å². The van der Waals surface area contributed by atoms with Crippen LogP contribution in [0.25, 0.3) is 0 Å². The summed E-state index contributed by atoms with van der Waals surface area (Å²) >= 11 is 4.97. The molecule has 0 aromatic carbocycles. The minimum atomic E-state index is -2.93. The first-order valence-electron chi connectivity index (χ1n) is 5.01. The molecule has 0 spiro atoms. The van der Waals surface area contributed by atoms with Crippen LogP contribution in [-0.4, -0.2) is 51.0 Å². The van der Waals surface area contributed by atoms with Crippen LogP contribution in [0.5, 0.6) is 0 Å². The number of hydrogen-bond donors (Lipinski definition) is 1. The van der Waals surface area contributed by atoms with Crippen LogP contribution in [0.1, 0.15) is 13.3 Å². The lowest BCUT2D eigenvalue weighted by Gasteiger charge is -2.25. The van der Waals surface area contributed by atoms with E-state index in [1.54, 1.807) is 7.11 Å². The number of ether oxygens (including phenoxy) is 2. The van der Waals surface area contributed by atoms with Crippen LogP contribution < -0.4 is 5.32 Å². The van der Waals surface area contributed by atoms with Crippen LogP contribution >= 0.6 is 12.2 Å². The normalized spacial score (nSPS) is 27.6. The number of nitrogens with one attached hydrogen (secondary N) is 1. The van der Waals surface area contributed by atoms with Crippen molar-refractivity contribution < 1.29 is 17.9 Å². The Labute approximate surface area is 101 Å². The van der Waals surface area contributed by atoms with Gasteiger partial charge in [0.2, 0.25) is 0 Å². The third kappa shape index (κ3) is 4.23. The molecular weight excluding hydrogens is 250 g/mol. The zero-order valence-corrected chi connectivity index (χ0v) is 11.1. The van der Waals surface area contributed by atoms with Crippen LogP contribution in [0.2, 0.25) is 0 Å². The first kappa shape index (κ1) is 13.7. The van der Waals surface area contributed by atoms with Crippen molar-refractivity contribution in [2.75, 3.05) is 31.8 Å². The molecule has 1 atom stereocenters. The zero-order valence-electron chi connectivity index (χ0n) is 9.49. The first-order valence-corrected chi connectivity index (χ1v) is 7.24. The fourth-order valence-electron chi connectivity index (χ4n) is 1.61. The van der Waals surface area contributed by atoms with E-state index in [0.29, 0.717) is 19.6 Å². The maximum atomic E-state index is 11.3. The molecule has 0 radical (unpaired) electrons. The largest absolute Gasteiger partial charge is 0.469 e. The summed E-state index contributed by atoms with van der Waals surface area (Å²) in [6.07, 6.45) is 0.559. The Morgan fingerprint density at radius 2 is 2.19 bits per heavy atom. The van der Waals surface area contributed by atoms with E-state index in [-0.39, 0.29) is 16.7 Å². The molecule has 0 bridgehead atoms. The van der Waals surface area contributed by atoms with Gasteiger partial charge in [-0.05, 0) is 25.6 Å². The van der Waals surface area contributed by atoms with Gasteiger partial charge in [-0.1, -0.05) is 0 Å². The van der Waals surface area contributed by atoms with Crippen LogP contribution in [0.3, 0.4) is 0 Å². The molecule has 0 aromatic rings. The quantitative estimate of drug-likeness (QED) is 0.576. The first-order chi connectivity index (χ1) is 7.37. The van der Waals surface area contributed by atoms with Gasteiger partial charge in [-0.25, -0.2) is 8.42 Å². The van der Waals surface area contributed by atoms with Crippen molar-refractivity contribution in [3.05, 3.63) is 0 Å². The fraction of sp³-hybridized carbons (Fsp3) is 0.889. The second-order valence-electron chi connectivity index (χ2n) is 4.16. The summed E-state index contributed by atoms with van der Waals surface area (Å²) in [7, 11) is -1.35. The predicted molar refractivity (Wildman–Crippen MR) is 65.2 cm³/mol. The molecule has 5 nitrogen and oxygen atoms in total. The van der Waals surface area contributed by atoms with E-state index in [2.05, 4.69) is 5.32 Å². The summed E-state index contributed by atoms with van der Waals surface area (Å²) in [6, 6.07) is 0. The summed E-state index contributed by atoms with van der Waals surface area (Å²) < 4.78 is 32.7. The SMILES string of the molecule is COCCOC(=S)N[C@@]1(C)CCS(=O)(=O)C1. The topological polar surface area (TPSA) is 64.6 Å². The van der Waals surface area contributed by atoms with Gasteiger partial charge in [0.05, 0.1) is 23.7 Å². The Kier molecular flexibility index (Phi) is 4.52. The average Bonchev–Trinajstić information content (AvgIpc) is 2.40. The van der Waals surface area contributed by atoms with Gasteiger partial charge < -0.3 is 14.8 Å². The van der Waals surface area contributed by atoms with E-state index < -0.39 is 15.4 Å². The Morgan fingerprint density at radius 1 is 1.50 bits per heavy atom. The van der Waals surface area contributed by atoms with Gasteiger partial charge in [0.15, 0.2) is 9.84 Å². The lowest BCUT2D eigenvalue weighted by Crippen LogP contribution is -2.47. The molecule has 0 amide bonds. The molecule has 7 heteroatoms. The summed E-state index contributed by atoms with van der Waals surface area (Å²) in [6.45, 7) is 2.66. The Morgan fingerprint density at radius 3 is 2.69 bits per heavy atom. The van der Waals surface area contributed by atoms with Gasteiger partial charge in [-0.3, -0.25) is 0 Å². The van der Waals surface area contributed by atoms with Gasteiger partial charge >= 0.3 is 0 Å². The van der Waals surface area contributed by atoms with E-state index in [9.17, 15) is 8.42 Å². The van der Waals surface area contributed by atoms with Crippen LogP contribution in [-0.2, 0) is 19.3 Å².